The molecule has 0 saturated heterocycles. The van der Waals surface area contributed by atoms with Crippen molar-refractivity contribution < 1.29 is 9.53 Å². The van der Waals surface area contributed by atoms with Crippen molar-refractivity contribution in [2.45, 2.75) is 12.3 Å². The smallest absolute Gasteiger partial charge is 0.159 e. The number of methoxy groups -OCH3 is 1. The molecular weight excluding hydrogens is 236 g/mol. The Bertz CT molecular complexity index is 407. The lowest BCUT2D eigenvalue weighted by molar-refractivity contribution is -0.114. The number of halogens is 1. The Morgan fingerprint density at radius 2 is 2.12 bits per heavy atom. The molecule has 0 fully saturated rings. The maximum Gasteiger partial charge on any atom is 0.159 e. The summed E-state index contributed by atoms with van der Waals surface area (Å²) in [5.74, 6) is 0.00738. The van der Waals surface area contributed by atoms with E-state index in [-0.39, 0.29) is 11.7 Å². The highest BCUT2D eigenvalue weighted by Gasteiger charge is 2.11. The predicted octanol–water partition coefficient (Wildman–Crippen LogP) is 3.73. The van der Waals surface area contributed by atoms with Crippen molar-refractivity contribution in [3.63, 3.8) is 0 Å². The molecule has 0 heterocycles. The maximum absolute atomic E-state index is 11.6. The van der Waals surface area contributed by atoms with E-state index in [0.717, 1.165) is 5.56 Å². The van der Waals surface area contributed by atoms with Crippen LogP contribution in [0.1, 0.15) is 17.9 Å². The lowest BCUT2D eigenvalue weighted by Gasteiger charge is -2.10. The fourth-order valence-corrected chi connectivity index (χ4v) is 1.60. The molecule has 1 rings (SSSR count). The number of allylic oxidation sites excluding steroid dienone is 2. The van der Waals surface area contributed by atoms with Crippen molar-refractivity contribution in [2.75, 3.05) is 7.11 Å². The molecule has 0 aliphatic carbocycles. The third-order valence-electron chi connectivity index (χ3n) is 2.39. The van der Waals surface area contributed by atoms with Gasteiger partial charge in [-0.25, -0.2) is 0 Å². The van der Waals surface area contributed by atoms with Gasteiger partial charge >= 0.3 is 0 Å². The number of ketones is 1. The van der Waals surface area contributed by atoms with Gasteiger partial charge in [-0.2, -0.15) is 0 Å². The van der Waals surface area contributed by atoms with Crippen LogP contribution in [0.5, 0.6) is 0 Å². The van der Waals surface area contributed by atoms with E-state index < -0.39 is 0 Å². The molecular formula is C14H15ClO2. The summed E-state index contributed by atoms with van der Waals surface area (Å²) in [6.45, 7) is 3.75. The first-order valence-corrected chi connectivity index (χ1v) is 5.65. The third kappa shape index (κ3) is 4.45. The number of hydrogen-bond donors (Lipinski definition) is 0. The molecule has 0 unspecified atom stereocenters. The van der Waals surface area contributed by atoms with Gasteiger partial charge in [0.05, 0.1) is 13.4 Å². The maximum atomic E-state index is 11.6. The number of hydrogen-bond acceptors (Lipinski definition) is 2. The Hall–Kier alpha value is -1.54. The highest BCUT2D eigenvalue weighted by molar-refractivity contribution is 6.30. The Labute approximate surface area is 107 Å². The van der Waals surface area contributed by atoms with Crippen LogP contribution in [-0.2, 0) is 9.53 Å². The Kier molecular flexibility index (Phi) is 5.50. The summed E-state index contributed by atoms with van der Waals surface area (Å²) in [5.41, 5.74) is 1.03. The first kappa shape index (κ1) is 13.5. The summed E-state index contributed by atoms with van der Waals surface area (Å²) in [6, 6.07) is 7.43. The minimum atomic E-state index is 0.00118. The van der Waals surface area contributed by atoms with E-state index in [1.807, 2.05) is 24.3 Å². The quantitative estimate of drug-likeness (QED) is 0.437. The minimum absolute atomic E-state index is 0.00118. The van der Waals surface area contributed by atoms with Crippen molar-refractivity contribution in [1.29, 1.82) is 0 Å². The van der Waals surface area contributed by atoms with Crippen LogP contribution in [0.4, 0.5) is 0 Å². The second-order valence-electron chi connectivity index (χ2n) is 3.60. The zero-order valence-electron chi connectivity index (χ0n) is 9.73. The molecule has 0 aliphatic heterocycles. The fourth-order valence-electron chi connectivity index (χ4n) is 1.48. The SMILES string of the molecule is C=C[C@@H](CC(=O)/C=C/OC)c1ccc(Cl)cc1. The van der Waals surface area contributed by atoms with E-state index >= 15 is 0 Å². The summed E-state index contributed by atoms with van der Waals surface area (Å²) in [6.07, 6.45) is 4.95. The first-order chi connectivity index (χ1) is 8.17. The average molecular weight is 251 g/mol. The number of ether oxygens (including phenoxy) is 1. The Morgan fingerprint density at radius 3 is 2.65 bits per heavy atom. The van der Waals surface area contributed by atoms with Crippen LogP contribution in [0.3, 0.4) is 0 Å². The van der Waals surface area contributed by atoms with E-state index in [0.29, 0.717) is 11.4 Å². The zero-order valence-corrected chi connectivity index (χ0v) is 10.5. The molecule has 0 aliphatic rings. The topological polar surface area (TPSA) is 26.3 Å². The summed E-state index contributed by atoms with van der Waals surface area (Å²) in [4.78, 5) is 11.6. The summed E-state index contributed by atoms with van der Waals surface area (Å²) < 4.78 is 4.70. The normalized spacial score (nSPS) is 12.4. The molecule has 90 valence electrons. The summed E-state index contributed by atoms with van der Waals surface area (Å²) in [5, 5.41) is 0.683. The molecule has 1 aromatic carbocycles. The van der Waals surface area contributed by atoms with Crippen molar-refractivity contribution in [3.8, 4) is 0 Å². The molecule has 17 heavy (non-hydrogen) atoms. The van der Waals surface area contributed by atoms with Gasteiger partial charge in [0.25, 0.3) is 0 Å². The van der Waals surface area contributed by atoms with E-state index in [4.69, 9.17) is 16.3 Å². The second kappa shape index (κ2) is 6.92. The van der Waals surface area contributed by atoms with Crippen LogP contribution in [0.2, 0.25) is 5.02 Å². The van der Waals surface area contributed by atoms with Crippen molar-refractivity contribution >= 4 is 17.4 Å². The molecule has 1 atom stereocenters. The predicted molar refractivity (Wildman–Crippen MR) is 70.2 cm³/mol. The Balaban J connectivity index is 2.72. The molecule has 0 N–H and O–H groups in total. The van der Waals surface area contributed by atoms with Gasteiger partial charge in [0.2, 0.25) is 0 Å². The highest BCUT2D eigenvalue weighted by atomic mass is 35.5. The van der Waals surface area contributed by atoms with Crippen LogP contribution in [0.25, 0.3) is 0 Å². The largest absolute Gasteiger partial charge is 0.504 e. The summed E-state index contributed by atoms with van der Waals surface area (Å²) in [7, 11) is 1.51. The van der Waals surface area contributed by atoms with Crippen molar-refractivity contribution in [1.82, 2.24) is 0 Å². The molecule has 0 saturated carbocycles. The van der Waals surface area contributed by atoms with Gasteiger partial charge in [-0.3, -0.25) is 4.79 Å². The number of benzene rings is 1. The Morgan fingerprint density at radius 1 is 1.47 bits per heavy atom. The second-order valence-corrected chi connectivity index (χ2v) is 4.04. The monoisotopic (exact) mass is 250 g/mol. The number of carbonyl (C=O) groups is 1. The van der Waals surface area contributed by atoms with Gasteiger partial charge in [-0.1, -0.05) is 29.8 Å². The molecule has 0 spiro atoms. The van der Waals surface area contributed by atoms with E-state index in [9.17, 15) is 4.79 Å². The highest BCUT2D eigenvalue weighted by Crippen LogP contribution is 2.23. The third-order valence-corrected chi connectivity index (χ3v) is 2.65. The molecule has 1 aromatic rings. The van der Waals surface area contributed by atoms with Crippen LogP contribution in [-0.4, -0.2) is 12.9 Å². The minimum Gasteiger partial charge on any atom is -0.504 e. The van der Waals surface area contributed by atoms with Crippen molar-refractivity contribution in [3.05, 3.63) is 59.8 Å². The molecule has 0 radical (unpaired) electrons. The van der Waals surface area contributed by atoms with E-state index in [1.54, 1.807) is 6.08 Å². The van der Waals surface area contributed by atoms with Gasteiger partial charge < -0.3 is 4.74 Å². The van der Waals surface area contributed by atoms with Crippen LogP contribution >= 0.6 is 11.6 Å². The van der Waals surface area contributed by atoms with Gasteiger partial charge in [0.1, 0.15) is 0 Å². The fraction of sp³-hybridized carbons (Fsp3) is 0.214. The van der Waals surface area contributed by atoms with Gasteiger partial charge in [0.15, 0.2) is 5.78 Å². The summed E-state index contributed by atoms with van der Waals surface area (Å²) >= 11 is 5.81. The standard InChI is InChI=1S/C14H15ClO2/c1-3-11(10-14(16)8-9-17-2)12-4-6-13(15)7-5-12/h3-9,11H,1,10H2,2H3/b9-8+/t11-/m0/s1. The van der Waals surface area contributed by atoms with Gasteiger partial charge in [-0.15, -0.1) is 6.58 Å². The van der Waals surface area contributed by atoms with Gasteiger partial charge in [-0.05, 0) is 17.7 Å². The number of rotatable bonds is 6. The molecule has 2 nitrogen and oxygen atoms in total. The molecule has 0 bridgehead atoms. The van der Waals surface area contributed by atoms with E-state index in [2.05, 4.69) is 6.58 Å². The lowest BCUT2D eigenvalue weighted by Crippen LogP contribution is -2.02. The van der Waals surface area contributed by atoms with Crippen LogP contribution in [0.15, 0.2) is 49.3 Å². The van der Waals surface area contributed by atoms with Crippen LogP contribution in [0, 0.1) is 0 Å². The number of carbonyl (C=O) groups excluding carboxylic acids is 1. The van der Waals surface area contributed by atoms with Crippen LogP contribution < -0.4 is 0 Å². The molecule has 0 amide bonds. The zero-order chi connectivity index (χ0) is 12.7. The average Bonchev–Trinajstić information content (AvgIpc) is 2.34. The molecule has 0 aromatic heterocycles. The van der Waals surface area contributed by atoms with Crippen molar-refractivity contribution in [2.24, 2.45) is 0 Å². The van der Waals surface area contributed by atoms with Gasteiger partial charge in [0, 0.05) is 23.4 Å². The lowest BCUT2D eigenvalue weighted by atomic mass is 9.94. The molecule has 3 heteroatoms. The first-order valence-electron chi connectivity index (χ1n) is 5.27. The van der Waals surface area contributed by atoms with E-state index in [1.165, 1.54) is 19.4 Å².